The number of Topliss-reactive ketones (excluding diaryl/α,β-unsaturated/α-hetero) is 1. The van der Waals surface area contributed by atoms with Crippen molar-refractivity contribution in [3.8, 4) is 0 Å². The average Bonchev–Trinajstić information content (AvgIpc) is 2.88. The maximum absolute atomic E-state index is 13.2. The zero-order valence-corrected chi connectivity index (χ0v) is 15.3. The van der Waals surface area contributed by atoms with Crippen LogP contribution in [0.25, 0.3) is 0 Å². The quantitative estimate of drug-likeness (QED) is 0.495. The van der Waals surface area contributed by atoms with Crippen LogP contribution in [0.1, 0.15) is 39.5 Å². The van der Waals surface area contributed by atoms with E-state index in [0.29, 0.717) is 37.5 Å². The number of aliphatic hydroxyl groups excluding tert-OH is 3. The Bertz CT molecular complexity index is 657. The van der Waals surface area contributed by atoms with E-state index in [4.69, 9.17) is 4.74 Å². The van der Waals surface area contributed by atoms with Crippen molar-refractivity contribution in [1.29, 1.82) is 0 Å². The third-order valence-corrected chi connectivity index (χ3v) is 7.82. The minimum Gasteiger partial charge on any atom is -0.392 e. The van der Waals surface area contributed by atoms with Crippen LogP contribution >= 0.6 is 0 Å². The molecule has 0 bridgehead atoms. The highest BCUT2D eigenvalue weighted by atomic mass is 16.6. The molecule has 4 aliphatic rings. The van der Waals surface area contributed by atoms with Gasteiger partial charge in [-0.15, -0.1) is 0 Å². The molecule has 4 rings (SSSR count). The molecule has 0 amide bonds. The van der Waals surface area contributed by atoms with Crippen molar-refractivity contribution < 1.29 is 29.6 Å². The van der Waals surface area contributed by atoms with Gasteiger partial charge in [-0.05, 0) is 48.5 Å². The number of hydrogen-bond donors (Lipinski definition) is 3. The Hall–Kier alpha value is -1.08. The van der Waals surface area contributed by atoms with Crippen molar-refractivity contribution in [3.05, 3.63) is 12.2 Å². The maximum Gasteiger partial charge on any atom is 0.166 e. The van der Waals surface area contributed by atoms with Gasteiger partial charge < -0.3 is 20.1 Å². The van der Waals surface area contributed by atoms with Crippen LogP contribution in [0.3, 0.4) is 0 Å². The third kappa shape index (κ3) is 2.07. The van der Waals surface area contributed by atoms with Gasteiger partial charge in [0.25, 0.3) is 0 Å². The molecule has 0 aromatic heterocycles. The monoisotopic (exact) mass is 364 g/mol. The molecule has 3 saturated carbocycles. The van der Waals surface area contributed by atoms with Crippen LogP contribution in [0.4, 0.5) is 0 Å². The van der Waals surface area contributed by atoms with Crippen LogP contribution in [0.2, 0.25) is 0 Å². The Morgan fingerprint density at radius 1 is 1.27 bits per heavy atom. The predicted octanol–water partition coefficient (Wildman–Crippen LogP) is 0.828. The van der Waals surface area contributed by atoms with Crippen molar-refractivity contribution in [2.45, 2.75) is 64.1 Å². The van der Waals surface area contributed by atoms with Gasteiger partial charge in [0, 0.05) is 11.8 Å². The number of carbonyl (C=O) groups excluding carboxylic acids is 2. The fraction of sp³-hybridized carbons (Fsp3) is 0.800. The van der Waals surface area contributed by atoms with Crippen LogP contribution < -0.4 is 0 Å². The van der Waals surface area contributed by atoms with E-state index < -0.39 is 47.3 Å². The van der Waals surface area contributed by atoms with Crippen molar-refractivity contribution >= 4 is 12.1 Å². The average molecular weight is 364 g/mol. The SMILES string of the molecule is C=C(C=O)[C@@H]1CC2OC(O)[C@]34[C@H](O)CCC(C)(C)[C@H]3C(=O)[C@H](O)[C@@H](C1)[C@@H]24. The molecule has 9 atom stereocenters. The molecule has 26 heavy (non-hydrogen) atoms. The van der Waals surface area contributed by atoms with Crippen LogP contribution in [-0.2, 0) is 14.3 Å². The summed E-state index contributed by atoms with van der Waals surface area (Å²) in [5.74, 6) is -1.90. The van der Waals surface area contributed by atoms with Crippen LogP contribution in [0.5, 0.6) is 0 Å². The summed E-state index contributed by atoms with van der Waals surface area (Å²) >= 11 is 0. The second-order valence-corrected chi connectivity index (χ2v) is 9.40. The van der Waals surface area contributed by atoms with Crippen molar-refractivity contribution in [2.24, 2.45) is 34.5 Å². The first kappa shape index (κ1) is 18.3. The molecule has 144 valence electrons. The number of rotatable bonds is 2. The molecule has 2 unspecified atom stereocenters. The van der Waals surface area contributed by atoms with E-state index in [1.807, 2.05) is 13.8 Å². The van der Waals surface area contributed by atoms with Crippen LogP contribution in [0.15, 0.2) is 12.2 Å². The van der Waals surface area contributed by atoms with Crippen molar-refractivity contribution in [3.63, 3.8) is 0 Å². The lowest BCUT2D eigenvalue weighted by atomic mass is 9.42. The van der Waals surface area contributed by atoms with E-state index in [2.05, 4.69) is 6.58 Å². The standard InChI is InChI=1S/C20H28O6/c1-9(8-21)10-6-11-14-12(7-10)26-18(25)20(14)13(22)4-5-19(2,3)17(20)16(24)15(11)23/h8,10-15,17-18,22-23,25H,1,4-7H2,2-3H3/t10-,11-,12?,13+,14-,15+,17+,18?,20-/m0/s1. The summed E-state index contributed by atoms with van der Waals surface area (Å²) in [6, 6.07) is 0. The summed E-state index contributed by atoms with van der Waals surface area (Å²) in [5, 5.41) is 32.8. The van der Waals surface area contributed by atoms with Crippen molar-refractivity contribution in [2.75, 3.05) is 0 Å². The van der Waals surface area contributed by atoms with Gasteiger partial charge >= 0.3 is 0 Å². The first-order valence-corrected chi connectivity index (χ1v) is 9.53. The summed E-state index contributed by atoms with van der Waals surface area (Å²) in [6.45, 7) is 7.73. The smallest absolute Gasteiger partial charge is 0.166 e. The first-order valence-electron chi connectivity index (χ1n) is 9.53. The minimum absolute atomic E-state index is 0.186. The molecule has 6 heteroatoms. The van der Waals surface area contributed by atoms with E-state index in [0.717, 1.165) is 0 Å². The summed E-state index contributed by atoms with van der Waals surface area (Å²) in [7, 11) is 0. The topological polar surface area (TPSA) is 104 Å². The Kier molecular flexibility index (Phi) is 4.02. The largest absolute Gasteiger partial charge is 0.392 e. The molecule has 0 aromatic rings. The Balaban J connectivity index is 1.85. The lowest BCUT2D eigenvalue weighted by Crippen LogP contribution is -2.69. The second-order valence-electron chi connectivity index (χ2n) is 9.40. The third-order valence-electron chi connectivity index (χ3n) is 7.82. The van der Waals surface area contributed by atoms with Gasteiger partial charge in [0.1, 0.15) is 12.4 Å². The highest BCUT2D eigenvalue weighted by molar-refractivity contribution is 5.88. The van der Waals surface area contributed by atoms with Gasteiger partial charge in [0.15, 0.2) is 12.1 Å². The fourth-order valence-electron chi connectivity index (χ4n) is 6.79. The molecular weight excluding hydrogens is 336 g/mol. The van der Waals surface area contributed by atoms with Crippen LogP contribution in [-0.4, -0.2) is 52.0 Å². The van der Waals surface area contributed by atoms with Gasteiger partial charge in [0.05, 0.1) is 17.6 Å². The van der Waals surface area contributed by atoms with Gasteiger partial charge in [-0.25, -0.2) is 0 Å². The summed E-state index contributed by atoms with van der Waals surface area (Å²) in [6.07, 6.45) is -0.853. The van der Waals surface area contributed by atoms with Crippen LogP contribution in [0, 0.1) is 34.5 Å². The molecule has 1 saturated heterocycles. The summed E-state index contributed by atoms with van der Waals surface area (Å²) in [4.78, 5) is 24.4. The number of ether oxygens (including phenoxy) is 1. The Morgan fingerprint density at radius 2 is 1.96 bits per heavy atom. The zero-order chi connectivity index (χ0) is 19.0. The molecule has 3 aliphatic carbocycles. The zero-order valence-electron chi connectivity index (χ0n) is 15.3. The molecular formula is C20H28O6. The Labute approximate surface area is 153 Å². The van der Waals surface area contributed by atoms with E-state index in [9.17, 15) is 24.9 Å². The summed E-state index contributed by atoms with van der Waals surface area (Å²) < 4.78 is 5.90. The second kappa shape index (κ2) is 5.71. The number of aliphatic hydroxyl groups is 3. The molecule has 6 nitrogen and oxygen atoms in total. The molecule has 3 N–H and O–H groups in total. The first-order chi connectivity index (χ1) is 12.2. The van der Waals surface area contributed by atoms with Gasteiger partial charge in [-0.1, -0.05) is 20.4 Å². The molecule has 1 aliphatic heterocycles. The molecule has 0 radical (unpaired) electrons. The number of ketones is 1. The van der Waals surface area contributed by atoms with E-state index in [1.165, 1.54) is 0 Å². The van der Waals surface area contributed by atoms with Gasteiger partial charge in [-0.3, -0.25) is 9.59 Å². The molecule has 4 fully saturated rings. The molecule has 1 heterocycles. The van der Waals surface area contributed by atoms with E-state index >= 15 is 0 Å². The minimum atomic E-state index is -1.25. The molecule has 0 aromatic carbocycles. The maximum atomic E-state index is 13.2. The highest BCUT2D eigenvalue weighted by Crippen LogP contribution is 2.68. The van der Waals surface area contributed by atoms with Crippen molar-refractivity contribution in [1.82, 2.24) is 0 Å². The number of aldehydes is 1. The lowest BCUT2D eigenvalue weighted by Gasteiger charge is -2.61. The van der Waals surface area contributed by atoms with Gasteiger partial charge in [-0.2, -0.15) is 0 Å². The summed E-state index contributed by atoms with van der Waals surface area (Å²) in [5.41, 5.74) is -1.10. The lowest BCUT2D eigenvalue weighted by molar-refractivity contribution is -0.239. The Morgan fingerprint density at radius 3 is 2.62 bits per heavy atom. The molecule has 1 spiro atoms. The highest BCUT2D eigenvalue weighted by Gasteiger charge is 2.75. The predicted molar refractivity (Wildman–Crippen MR) is 91.7 cm³/mol. The van der Waals surface area contributed by atoms with E-state index in [1.54, 1.807) is 0 Å². The normalized spacial score (nSPS) is 52.1. The fourth-order valence-corrected chi connectivity index (χ4v) is 6.79. The van der Waals surface area contributed by atoms with Gasteiger partial charge in [0.2, 0.25) is 0 Å². The number of hydrogen-bond acceptors (Lipinski definition) is 6. The number of carbonyl (C=O) groups is 2. The number of allylic oxidation sites excluding steroid dienone is 1. The van der Waals surface area contributed by atoms with E-state index in [-0.39, 0.29) is 17.6 Å².